The maximum atomic E-state index is 13.3. The number of Topliss-reactive ketones (excluding diaryl/α,β-unsaturated/α-hetero) is 1. The molecule has 0 bridgehead atoms. The smallest absolute Gasteiger partial charge is 0.252 e. The van der Waals surface area contributed by atoms with Crippen molar-refractivity contribution in [2.75, 3.05) is 0 Å². The maximum Gasteiger partial charge on any atom is 0.252 e. The normalized spacial score (nSPS) is 25.6. The first-order chi connectivity index (χ1) is 14.9. The molecule has 0 heterocycles. The summed E-state index contributed by atoms with van der Waals surface area (Å²) in [6.45, 7) is 5.54. The predicted octanol–water partition coefficient (Wildman–Crippen LogP) is 2.69. The first-order valence-electron chi connectivity index (χ1n) is 10.4. The number of aliphatic carboxylic acids is 1. The predicted molar refractivity (Wildman–Crippen MR) is 114 cm³/mol. The first kappa shape index (κ1) is 23.4. The summed E-state index contributed by atoms with van der Waals surface area (Å²) >= 11 is 0. The summed E-state index contributed by atoms with van der Waals surface area (Å²) in [7, 11) is 0. The van der Waals surface area contributed by atoms with Crippen LogP contribution in [0.4, 0.5) is 4.39 Å². The summed E-state index contributed by atoms with van der Waals surface area (Å²) in [4.78, 5) is 37.3. The van der Waals surface area contributed by atoms with Gasteiger partial charge in [0.25, 0.3) is 5.91 Å². The highest BCUT2D eigenvalue weighted by Gasteiger charge is 2.44. The lowest BCUT2D eigenvalue weighted by Gasteiger charge is -2.39. The van der Waals surface area contributed by atoms with E-state index in [1.54, 1.807) is 18.2 Å². The molecule has 2 unspecified atom stereocenters. The molecule has 0 fully saturated rings. The molecule has 170 valence electrons. The zero-order valence-corrected chi connectivity index (χ0v) is 18.3. The molecule has 0 saturated heterocycles. The third-order valence-corrected chi connectivity index (χ3v) is 6.23. The molecule has 2 aliphatic rings. The number of carboxylic acids is 1. The number of halogens is 1. The minimum absolute atomic E-state index is 0.00398. The Morgan fingerprint density at radius 2 is 1.91 bits per heavy atom. The summed E-state index contributed by atoms with van der Waals surface area (Å²) in [5, 5.41) is 26.0. The summed E-state index contributed by atoms with van der Waals surface area (Å²) in [5.74, 6) is -3.68. The molecule has 2 atom stereocenters. The number of carbonyl (C=O) groups is 3. The number of nitrogens with one attached hydrogen (secondary N) is 1. The van der Waals surface area contributed by atoms with Gasteiger partial charge in [0, 0.05) is 18.8 Å². The fourth-order valence-electron chi connectivity index (χ4n) is 4.30. The number of hydrogen-bond donors (Lipinski definition) is 2. The van der Waals surface area contributed by atoms with Gasteiger partial charge in [-0.2, -0.15) is 5.10 Å². The van der Waals surface area contributed by atoms with E-state index in [1.807, 2.05) is 20.8 Å². The maximum absolute atomic E-state index is 13.3. The van der Waals surface area contributed by atoms with Crippen LogP contribution in [0, 0.1) is 16.6 Å². The number of hydrogen-bond acceptors (Lipinski definition) is 6. The van der Waals surface area contributed by atoms with Crippen molar-refractivity contribution in [3.8, 4) is 0 Å². The van der Waals surface area contributed by atoms with Gasteiger partial charge in [0.1, 0.15) is 11.6 Å². The van der Waals surface area contributed by atoms with Crippen molar-refractivity contribution in [1.29, 1.82) is 0 Å². The Hall–Kier alpha value is -3.29. The van der Waals surface area contributed by atoms with E-state index in [-0.39, 0.29) is 41.8 Å². The van der Waals surface area contributed by atoms with Crippen molar-refractivity contribution < 1.29 is 29.0 Å². The number of benzene rings is 1. The number of allylic oxidation sites excluding steroid dienone is 4. The highest BCUT2D eigenvalue weighted by atomic mass is 19.1. The Balaban J connectivity index is 1.81. The van der Waals surface area contributed by atoms with Crippen LogP contribution in [0.25, 0.3) is 0 Å². The number of hydrazone groups is 1. The molecule has 0 saturated carbocycles. The molecule has 1 amide bonds. The Morgan fingerprint density at radius 1 is 1.25 bits per heavy atom. The molecule has 32 heavy (non-hydrogen) atoms. The zero-order valence-electron chi connectivity index (χ0n) is 18.3. The third-order valence-electron chi connectivity index (χ3n) is 6.23. The fourth-order valence-corrected chi connectivity index (χ4v) is 4.30. The Labute approximate surface area is 185 Å². The number of nitrogens with zero attached hydrogens (tertiary/aromatic N) is 1. The molecule has 0 aliphatic heterocycles. The minimum Gasteiger partial charge on any atom is -0.549 e. The number of carbonyl (C=O) groups excluding carboxylic acids is 3. The number of amides is 1. The second-order valence-electron chi connectivity index (χ2n) is 9.33. The van der Waals surface area contributed by atoms with Crippen molar-refractivity contribution in [2.45, 2.75) is 52.4 Å². The molecule has 2 aliphatic carbocycles. The molecule has 8 heteroatoms. The summed E-state index contributed by atoms with van der Waals surface area (Å²) in [6.07, 6.45) is 3.07. The van der Waals surface area contributed by atoms with Gasteiger partial charge in [-0.25, -0.2) is 9.82 Å². The van der Waals surface area contributed by atoms with Crippen LogP contribution in [-0.4, -0.2) is 29.0 Å². The van der Waals surface area contributed by atoms with Gasteiger partial charge in [0.2, 0.25) is 0 Å². The van der Waals surface area contributed by atoms with Crippen molar-refractivity contribution in [3.63, 3.8) is 0 Å². The van der Waals surface area contributed by atoms with Gasteiger partial charge in [-0.3, -0.25) is 9.59 Å². The number of rotatable bonds is 5. The lowest BCUT2D eigenvalue weighted by Crippen LogP contribution is -2.53. The largest absolute Gasteiger partial charge is 0.549 e. The van der Waals surface area contributed by atoms with E-state index in [0.717, 1.165) is 11.8 Å². The van der Waals surface area contributed by atoms with Gasteiger partial charge < -0.3 is 15.0 Å². The van der Waals surface area contributed by atoms with Gasteiger partial charge in [0.15, 0.2) is 5.78 Å². The highest BCUT2D eigenvalue weighted by Crippen LogP contribution is 2.44. The lowest BCUT2D eigenvalue weighted by atomic mass is 9.68. The van der Waals surface area contributed by atoms with Crippen molar-refractivity contribution in [2.24, 2.45) is 15.9 Å². The van der Waals surface area contributed by atoms with E-state index < -0.39 is 29.0 Å². The Kier molecular flexibility index (Phi) is 6.34. The second-order valence-corrected chi connectivity index (χ2v) is 9.33. The third kappa shape index (κ3) is 4.64. The number of carboxylic acid groups (broad SMARTS) is 1. The first-order valence-corrected chi connectivity index (χ1v) is 10.4. The van der Waals surface area contributed by atoms with E-state index in [4.69, 9.17) is 0 Å². The van der Waals surface area contributed by atoms with Crippen LogP contribution < -0.4 is 10.5 Å². The van der Waals surface area contributed by atoms with Gasteiger partial charge >= 0.3 is 0 Å². The van der Waals surface area contributed by atoms with Crippen LogP contribution in [0.1, 0.15) is 57.9 Å². The zero-order chi connectivity index (χ0) is 23.7. The molecule has 0 radical (unpaired) electrons. The standard InChI is InChI=1S/C24H27FN2O5/c1-14-8-9-24(22(31)32,10-17(14)15-4-6-16(25)7-5-15)21(30)27-26-13-18-19(28)11-23(2,3)12-20(18)29/h4-8,13,17,28H,9-12H2,1-3H3,(H,27,30)(H,31,32)/p-1. The van der Waals surface area contributed by atoms with E-state index in [1.165, 1.54) is 12.1 Å². The molecule has 1 aromatic carbocycles. The van der Waals surface area contributed by atoms with E-state index in [2.05, 4.69) is 10.5 Å². The molecule has 0 spiro atoms. The van der Waals surface area contributed by atoms with E-state index in [0.29, 0.717) is 12.0 Å². The second kappa shape index (κ2) is 8.68. The van der Waals surface area contributed by atoms with Gasteiger partial charge in [0.05, 0.1) is 23.2 Å². The average Bonchev–Trinajstić information content (AvgIpc) is 2.70. The number of aliphatic hydroxyl groups is 1. The highest BCUT2D eigenvalue weighted by molar-refractivity contribution is 6.14. The Morgan fingerprint density at radius 3 is 2.50 bits per heavy atom. The molecular formula is C24H26FN2O5-. The molecular weight excluding hydrogens is 415 g/mol. The van der Waals surface area contributed by atoms with Crippen LogP contribution in [0.15, 0.2) is 52.3 Å². The summed E-state index contributed by atoms with van der Waals surface area (Å²) in [5.41, 5.74) is 1.50. The van der Waals surface area contributed by atoms with Crippen molar-refractivity contribution in [3.05, 3.63) is 58.6 Å². The van der Waals surface area contributed by atoms with Crippen LogP contribution in [0.2, 0.25) is 0 Å². The van der Waals surface area contributed by atoms with Crippen molar-refractivity contribution >= 4 is 23.9 Å². The fraction of sp³-hybridized carbons (Fsp3) is 0.417. The molecule has 2 N–H and O–H groups in total. The van der Waals surface area contributed by atoms with Crippen LogP contribution in [0.5, 0.6) is 0 Å². The quantitative estimate of drug-likeness (QED) is 0.315. The Bertz CT molecular complexity index is 1040. The van der Waals surface area contributed by atoms with Crippen LogP contribution in [-0.2, 0) is 14.4 Å². The molecule has 1 aromatic rings. The number of aliphatic hydroxyl groups excluding tert-OH is 1. The van der Waals surface area contributed by atoms with E-state index >= 15 is 0 Å². The lowest BCUT2D eigenvalue weighted by molar-refractivity contribution is -0.317. The number of ketones is 1. The summed E-state index contributed by atoms with van der Waals surface area (Å²) in [6, 6.07) is 5.68. The minimum atomic E-state index is -1.88. The van der Waals surface area contributed by atoms with Gasteiger partial charge in [-0.15, -0.1) is 0 Å². The topological polar surface area (TPSA) is 119 Å². The molecule has 3 rings (SSSR count). The molecule has 7 nitrogen and oxygen atoms in total. The average molecular weight is 441 g/mol. The molecule has 0 aromatic heterocycles. The van der Waals surface area contributed by atoms with Crippen LogP contribution >= 0.6 is 0 Å². The van der Waals surface area contributed by atoms with Crippen LogP contribution in [0.3, 0.4) is 0 Å². The van der Waals surface area contributed by atoms with Gasteiger partial charge in [-0.05, 0) is 42.9 Å². The SMILES string of the molecule is CC1=CCC(C(=O)[O-])(C(=O)NN=CC2=C(O)CC(C)(C)CC2=O)CC1c1ccc(F)cc1. The van der Waals surface area contributed by atoms with Gasteiger partial charge in [-0.1, -0.05) is 37.6 Å². The van der Waals surface area contributed by atoms with E-state index in [9.17, 15) is 29.0 Å². The van der Waals surface area contributed by atoms with Crippen molar-refractivity contribution in [1.82, 2.24) is 5.43 Å². The summed E-state index contributed by atoms with van der Waals surface area (Å²) < 4.78 is 13.3. The monoisotopic (exact) mass is 441 g/mol.